The molecule has 0 unspecified atom stereocenters. The third kappa shape index (κ3) is 2.52. The summed E-state index contributed by atoms with van der Waals surface area (Å²) in [5, 5.41) is 0. The van der Waals surface area contributed by atoms with E-state index >= 15 is 0 Å². The van der Waals surface area contributed by atoms with Crippen molar-refractivity contribution in [2.75, 3.05) is 6.61 Å². The molecular formula is C17H15BrN2O2. The molecule has 0 aliphatic carbocycles. The van der Waals surface area contributed by atoms with E-state index in [0.29, 0.717) is 18.0 Å². The van der Waals surface area contributed by atoms with Gasteiger partial charge >= 0.3 is 5.97 Å². The average Bonchev–Trinajstić information content (AvgIpc) is 2.87. The highest BCUT2D eigenvalue weighted by atomic mass is 79.9. The number of ether oxygens (including phenoxy) is 1. The van der Waals surface area contributed by atoms with Crippen LogP contribution in [0, 0.1) is 6.92 Å². The van der Waals surface area contributed by atoms with Gasteiger partial charge in [0.15, 0.2) is 5.69 Å². The number of esters is 1. The molecule has 0 aliphatic heterocycles. The van der Waals surface area contributed by atoms with Crippen LogP contribution in [-0.2, 0) is 4.74 Å². The first-order valence-corrected chi connectivity index (χ1v) is 7.82. The predicted octanol–water partition coefficient (Wildman–Crippen LogP) is 4.25. The summed E-state index contributed by atoms with van der Waals surface area (Å²) in [7, 11) is 0. The Kier molecular flexibility index (Phi) is 3.98. The first-order chi connectivity index (χ1) is 10.6. The second-order valence-electron chi connectivity index (χ2n) is 4.93. The lowest BCUT2D eigenvalue weighted by Gasteiger charge is -2.06. The van der Waals surface area contributed by atoms with Gasteiger partial charge in [0.25, 0.3) is 0 Å². The zero-order chi connectivity index (χ0) is 15.7. The molecule has 2 heterocycles. The molecule has 0 spiro atoms. The standard InChI is InChI=1S/C17H15BrN2O2/c1-3-22-17(21)16-15(12-7-5-4-6-8-12)19-14-9-11(2)13(18)10-20(14)16/h4-10H,3H2,1-2H3. The van der Waals surface area contributed by atoms with E-state index in [9.17, 15) is 4.79 Å². The molecule has 3 rings (SSSR count). The Bertz CT molecular complexity index is 841. The number of hydrogen-bond donors (Lipinski definition) is 0. The van der Waals surface area contributed by atoms with Gasteiger partial charge in [-0.25, -0.2) is 9.78 Å². The molecule has 0 aliphatic rings. The molecule has 22 heavy (non-hydrogen) atoms. The summed E-state index contributed by atoms with van der Waals surface area (Å²) in [6, 6.07) is 11.6. The number of pyridine rings is 1. The molecule has 0 radical (unpaired) electrons. The van der Waals surface area contributed by atoms with E-state index in [2.05, 4.69) is 20.9 Å². The van der Waals surface area contributed by atoms with Crippen LogP contribution in [-0.4, -0.2) is 22.0 Å². The van der Waals surface area contributed by atoms with Crippen molar-refractivity contribution in [3.63, 3.8) is 0 Å². The number of imidazole rings is 1. The molecule has 112 valence electrons. The summed E-state index contributed by atoms with van der Waals surface area (Å²) in [6.45, 7) is 4.11. The normalized spacial score (nSPS) is 10.9. The summed E-state index contributed by atoms with van der Waals surface area (Å²) in [5.74, 6) is -0.371. The summed E-state index contributed by atoms with van der Waals surface area (Å²) >= 11 is 3.50. The Morgan fingerprint density at radius 3 is 2.73 bits per heavy atom. The molecule has 0 N–H and O–H groups in total. The fraction of sp³-hybridized carbons (Fsp3) is 0.176. The van der Waals surface area contributed by atoms with Crippen LogP contribution < -0.4 is 0 Å². The first-order valence-electron chi connectivity index (χ1n) is 7.02. The minimum atomic E-state index is -0.371. The van der Waals surface area contributed by atoms with Crippen LogP contribution in [0.25, 0.3) is 16.9 Å². The zero-order valence-electron chi connectivity index (χ0n) is 12.3. The average molecular weight is 359 g/mol. The topological polar surface area (TPSA) is 43.6 Å². The summed E-state index contributed by atoms with van der Waals surface area (Å²) in [6.07, 6.45) is 1.86. The molecule has 4 nitrogen and oxygen atoms in total. The number of rotatable bonds is 3. The highest BCUT2D eigenvalue weighted by Gasteiger charge is 2.22. The van der Waals surface area contributed by atoms with Gasteiger partial charge in [0.2, 0.25) is 0 Å². The number of benzene rings is 1. The number of hydrogen-bond acceptors (Lipinski definition) is 3. The smallest absolute Gasteiger partial charge is 0.357 e. The van der Waals surface area contributed by atoms with E-state index in [4.69, 9.17) is 4.74 Å². The number of nitrogens with zero attached hydrogens (tertiary/aromatic N) is 2. The van der Waals surface area contributed by atoms with E-state index in [1.165, 1.54) is 0 Å². The van der Waals surface area contributed by atoms with Crippen molar-refractivity contribution in [1.82, 2.24) is 9.38 Å². The maximum Gasteiger partial charge on any atom is 0.357 e. The molecule has 2 aromatic heterocycles. The summed E-state index contributed by atoms with van der Waals surface area (Å²) in [4.78, 5) is 17.0. The van der Waals surface area contributed by atoms with Crippen LogP contribution >= 0.6 is 15.9 Å². The van der Waals surface area contributed by atoms with Gasteiger partial charge in [-0.3, -0.25) is 4.40 Å². The highest BCUT2D eigenvalue weighted by molar-refractivity contribution is 9.10. The molecule has 0 saturated carbocycles. The van der Waals surface area contributed by atoms with Gasteiger partial charge in [-0.2, -0.15) is 0 Å². The van der Waals surface area contributed by atoms with Crippen LogP contribution in [0.4, 0.5) is 0 Å². The third-order valence-corrected chi connectivity index (χ3v) is 4.25. The van der Waals surface area contributed by atoms with E-state index in [-0.39, 0.29) is 5.97 Å². The Morgan fingerprint density at radius 2 is 2.05 bits per heavy atom. The highest BCUT2D eigenvalue weighted by Crippen LogP contribution is 2.27. The van der Waals surface area contributed by atoms with Crippen LogP contribution in [0.3, 0.4) is 0 Å². The Hall–Kier alpha value is -2.14. The lowest BCUT2D eigenvalue weighted by Crippen LogP contribution is -2.09. The molecule has 0 saturated heterocycles. The number of aromatic nitrogens is 2. The minimum absolute atomic E-state index is 0.327. The van der Waals surface area contributed by atoms with Crippen molar-refractivity contribution < 1.29 is 9.53 Å². The maximum absolute atomic E-state index is 12.4. The third-order valence-electron chi connectivity index (χ3n) is 3.42. The molecule has 0 atom stereocenters. The molecule has 0 fully saturated rings. The van der Waals surface area contributed by atoms with Gasteiger partial charge in [-0.05, 0) is 41.4 Å². The molecule has 1 aromatic carbocycles. The van der Waals surface area contributed by atoms with Crippen LogP contribution in [0.2, 0.25) is 0 Å². The second kappa shape index (κ2) is 5.93. The molecule has 0 bridgehead atoms. The summed E-state index contributed by atoms with van der Waals surface area (Å²) < 4.78 is 7.91. The fourth-order valence-corrected chi connectivity index (χ4v) is 2.67. The van der Waals surface area contributed by atoms with Crippen molar-refractivity contribution >= 4 is 27.5 Å². The molecule has 0 amide bonds. The van der Waals surface area contributed by atoms with Crippen molar-refractivity contribution in [3.05, 3.63) is 58.3 Å². The minimum Gasteiger partial charge on any atom is -0.461 e. The van der Waals surface area contributed by atoms with E-state index in [1.54, 1.807) is 11.3 Å². The van der Waals surface area contributed by atoms with Gasteiger partial charge in [0.05, 0.1) is 6.61 Å². The number of aryl methyl sites for hydroxylation is 1. The second-order valence-corrected chi connectivity index (χ2v) is 5.78. The lowest BCUT2D eigenvalue weighted by atomic mass is 10.1. The van der Waals surface area contributed by atoms with E-state index in [0.717, 1.165) is 21.2 Å². The first kappa shape index (κ1) is 14.8. The quantitative estimate of drug-likeness (QED) is 0.657. The predicted molar refractivity (Wildman–Crippen MR) is 89.0 cm³/mol. The van der Waals surface area contributed by atoms with Crippen molar-refractivity contribution in [3.8, 4) is 11.3 Å². The maximum atomic E-state index is 12.4. The van der Waals surface area contributed by atoms with Gasteiger partial charge in [0.1, 0.15) is 11.3 Å². The van der Waals surface area contributed by atoms with Gasteiger partial charge in [0, 0.05) is 16.2 Å². The number of carbonyl (C=O) groups is 1. The van der Waals surface area contributed by atoms with Crippen molar-refractivity contribution in [2.45, 2.75) is 13.8 Å². The number of carbonyl (C=O) groups excluding carboxylic acids is 1. The zero-order valence-corrected chi connectivity index (χ0v) is 13.9. The monoisotopic (exact) mass is 358 g/mol. The molecule has 3 aromatic rings. The largest absolute Gasteiger partial charge is 0.461 e. The van der Waals surface area contributed by atoms with Crippen LogP contribution in [0.5, 0.6) is 0 Å². The molecular weight excluding hydrogens is 344 g/mol. The van der Waals surface area contributed by atoms with Gasteiger partial charge < -0.3 is 4.74 Å². The van der Waals surface area contributed by atoms with Crippen LogP contribution in [0.15, 0.2) is 47.1 Å². The Labute approximate surface area is 136 Å². The van der Waals surface area contributed by atoms with E-state index in [1.807, 2.05) is 49.5 Å². The van der Waals surface area contributed by atoms with Crippen LogP contribution in [0.1, 0.15) is 23.0 Å². The van der Waals surface area contributed by atoms with Crippen molar-refractivity contribution in [2.24, 2.45) is 0 Å². The number of fused-ring (bicyclic) bond motifs is 1. The van der Waals surface area contributed by atoms with Gasteiger partial charge in [-0.15, -0.1) is 0 Å². The number of halogens is 1. The van der Waals surface area contributed by atoms with E-state index < -0.39 is 0 Å². The SMILES string of the molecule is CCOC(=O)c1c(-c2ccccc2)nc2cc(C)c(Br)cn12. The molecule has 5 heteroatoms. The lowest BCUT2D eigenvalue weighted by molar-refractivity contribution is 0.0519. The fourth-order valence-electron chi connectivity index (χ4n) is 2.35. The van der Waals surface area contributed by atoms with Gasteiger partial charge in [-0.1, -0.05) is 30.3 Å². The Balaban J connectivity index is 2.31. The summed E-state index contributed by atoms with van der Waals surface area (Å²) in [5.41, 5.74) is 3.76. The Morgan fingerprint density at radius 1 is 1.32 bits per heavy atom. The van der Waals surface area contributed by atoms with Crippen molar-refractivity contribution in [1.29, 1.82) is 0 Å².